The molecule has 9 heteroatoms. The lowest BCUT2D eigenvalue weighted by atomic mass is 10.1. The van der Waals surface area contributed by atoms with E-state index in [1.165, 1.54) is 48.8 Å². The maximum Gasteiger partial charge on any atom is 0.137 e. The normalized spacial score (nSPS) is 16.6. The average molecular weight is 494 g/mol. The van der Waals surface area contributed by atoms with Gasteiger partial charge < -0.3 is 19.0 Å². The van der Waals surface area contributed by atoms with Gasteiger partial charge in [0.2, 0.25) is 0 Å². The molecule has 0 atom stereocenters. The molecule has 0 aliphatic carbocycles. The third kappa shape index (κ3) is 4.36. The van der Waals surface area contributed by atoms with Gasteiger partial charge in [0.05, 0.1) is 35.3 Å². The van der Waals surface area contributed by atoms with E-state index in [-0.39, 0.29) is 0 Å². The van der Waals surface area contributed by atoms with Crippen LogP contribution in [0.1, 0.15) is 36.1 Å². The van der Waals surface area contributed by atoms with Crippen molar-refractivity contribution in [2.75, 3.05) is 13.1 Å². The second-order valence-electron chi connectivity index (χ2n) is 10.1. The molecule has 37 heavy (non-hydrogen) atoms. The fraction of sp³-hybridized carbons (Fsp3) is 0.286. The summed E-state index contributed by atoms with van der Waals surface area (Å²) in [6, 6.07) is 8.61. The van der Waals surface area contributed by atoms with Crippen LogP contribution in [-0.4, -0.2) is 46.5 Å². The van der Waals surface area contributed by atoms with Gasteiger partial charge in [-0.25, -0.2) is 4.98 Å². The number of pyridine rings is 2. The van der Waals surface area contributed by atoms with Gasteiger partial charge in [-0.05, 0) is 49.7 Å². The molecule has 0 aromatic carbocycles. The molecule has 1 fully saturated rings. The van der Waals surface area contributed by atoms with Gasteiger partial charge in [0, 0.05) is 67.9 Å². The van der Waals surface area contributed by atoms with E-state index in [0.29, 0.717) is 6.54 Å². The monoisotopic (exact) mass is 493 g/mol. The summed E-state index contributed by atoms with van der Waals surface area (Å²) in [5, 5.41) is 3.23. The first-order chi connectivity index (χ1) is 18.2. The number of hydrogen-bond acceptors (Lipinski definition) is 6. The largest absolute Gasteiger partial charge is 0.349 e. The second kappa shape index (κ2) is 9.10. The van der Waals surface area contributed by atoms with Gasteiger partial charge in [-0.3, -0.25) is 14.9 Å². The van der Waals surface area contributed by atoms with Crippen LogP contribution in [0.2, 0.25) is 0 Å². The Kier molecular flexibility index (Phi) is 5.44. The highest BCUT2D eigenvalue weighted by Gasteiger charge is 2.16. The minimum Gasteiger partial charge on any atom is -0.349 e. The van der Waals surface area contributed by atoms with Crippen LogP contribution in [0.15, 0.2) is 73.8 Å². The number of nitrogens with one attached hydrogen (secondary N) is 2. The molecule has 0 unspecified atom stereocenters. The second-order valence-corrected chi connectivity index (χ2v) is 10.1. The van der Waals surface area contributed by atoms with E-state index >= 15 is 0 Å². The van der Waals surface area contributed by atoms with Crippen molar-refractivity contribution in [2.24, 2.45) is 7.05 Å². The van der Waals surface area contributed by atoms with Gasteiger partial charge in [-0.1, -0.05) is 12.5 Å². The minimum atomic E-state index is 0.649. The first-order valence-corrected chi connectivity index (χ1v) is 13.0. The first-order valence-electron chi connectivity index (χ1n) is 13.0. The van der Waals surface area contributed by atoms with E-state index in [4.69, 9.17) is 4.98 Å². The summed E-state index contributed by atoms with van der Waals surface area (Å²) in [6.07, 6.45) is 20.5. The number of imidazole rings is 1. The standard InChI is InChI=1S/C28H31N9/c1-33-10-7-22-16-35(20-27(22)33)25-11-23(12-29-13-25)26-19-37(32-31-26)18-24-17-36-15-21(5-6-28(36)30-24)14-34-8-3-2-4-9-34/h5-7,10-13,15-17,19-20,31-32H,2-4,8-9,14,18H2,1H3. The molecule has 2 aliphatic rings. The molecule has 0 radical (unpaired) electrons. The van der Waals surface area contributed by atoms with Crippen molar-refractivity contribution in [2.45, 2.75) is 32.4 Å². The molecule has 0 saturated carbocycles. The predicted molar refractivity (Wildman–Crippen MR) is 144 cm³/mol. The zero-order valence-corrected chi connectivity index (χ0v) is 21.0. The van der Waals surface area contributed by atoms with Crippen LogP contribution >= 0.6 is 0 Å². The molecule has 0 spiro atoms. The van der Waals surface area contributed by atoms with Gasteiger partial charge in [0.25, 0.3) is 0 Å². The van der Waals surface area contributed by atoms with E-state index in [1.807, 2.05) is 17.4 Å². The fourth-order valence-corrected chi connectivity index (χ4v) is 5.42. The van der Waals surface area contributed by atoms with Crippen LogP contribution in [0.3, 0.4) is 0 Å². The van der Waals surface area contributed by atoms with Gasteiger partial charge >= 0.3 is 0 Å². The maximum atomic E-state index is 4.83. The Balaban J connectivity index is 1.06. The third-order valence-corrected chi connectivity index (χ3v) is 7.39. The molecular weight excluding hydrogens is 462 g/mol. The van der Waals surface area contributed by atoms with Crippen LogP contribution in [0.5, 0.6) is 0 Å². The van der Waals surface area contributed by atoms with Crippen molar-refractivity contribution in [1.82, 2.24) is 44.4 Å². The van der Waals surface area contributed by atoms with Crippen molar-refractivity contribution >= 4 is 22.2 Å². The van der Waals surface area contributed by atoms with Crippen LogP contribution < -0.4 is 11.0 Å². The van der Waals surface area contributed by atoms with Gasteiger partial charge in [0.15, 0.2) is 0 Å². The van der Waals surface area contributed by atoms with E-state index in [0.717, 1.165) is 34.8 Å². The number of aromatic nitrogens is 5. The summed E-state index contributed by atoms with van der Waals surface area (Å²) < 4.78 is 6.40. The van der Waals surface area contributed by atoms with Gasteiger partial charge in [-0.15, -0.1) is 5.53 Å². The Labute approximate surface area is 215 Å². The zero-order chi connectivity index (χ0) is 24.8. The number of rotatable bonds is 6. The van der Waals surface area contributed by atoms with Crippen molar-refractivity contribution in [3.05, 3.63) is 90.7 Å². The molecule has 7 heterocycles. The lowest BCUT2D eigenvalue weighted by molar-refractivity contribution is 0.220. The predicted octanol–water partition coefficient (Wildman–Crippen LogP) is 3.82. The molecule has 1 saturated heterocycles. The van der Waals surface area contributed by atoms with Crippen molar-refractivity contribution < 1.29 is 0 Å². The highest BCUT2D eigenvalue weighted by molar-refractivity contribution is 5.80. The molecule has 2 N–H and O–H groups in total. The first kappa shape index (κ1) is 22.1. The summed E-state index contributed by atoms with van der Waals surface area (Å²) in [6.45, 7) is 4.07. The molecule has 5 aromatic rings. The summed E-state index contributed by atoms with van der Waals surface area (Å²) in [7, 11) is 2.06. The third-order valence-electron chi connectivity index (χ3n) is 7.39. The number of piperidine rings is 1. The summed E-state index contributed by atoms with van der Waals surface area (Å²) in [4.78, 5) is 11.9. The summed E-state index contributed by atoms with van der Waals surface area (Å²) in [5.41, 5.74) is 14.1. The van der Waals surface area contributed by atoms with Crippen LogP contribution in [0.4, 0.5) is 0 Å². The molecule has 2 aliphatic heterocycles. The van der Waals surface area contributed by atoms with Crippen molar-refractivity contribution in [1.29, 1.82) is 0 Å². The summed E-state index contributed by atoms with van der Waals surface area (Å²) in [5.74, 6) is 0. The molecular formula is C28H31N9. The van der Waals surface area contributed by atoms with Crippen molar-refractivity contribution in [3.8, 4) is 5.69 Å². The lowest BCUT2D eigenvalue weighted by Crippen LogP contribution is -2.35. The van der Waals surface area contributed by atoms with Gasteiger partial charge in [-0.2, -0.15) is 0 Å². The lowest BCUT2D eigenvalue weighted by Gasteiger charge is -2.26. The number of aryl methyl sites for hydroxylation is 1. The van der Waals surface area contributed by atoms with Crippen LogP contribution in [0, 0.1) is 0 Å². The molecule has 0 bridgehead atoms. The number of fused-ring (bicyclic) bond motifs is 2. The zero-order valence-electron chi connectivity index (χ0n) is 21.0. The average Bonchev–Trinajstić information content (AvgIpc) is 3.70. The topological polar surface area (TPSA) is 70.6 Å². The Morgan fingerprint density at radius 2 is 1.86 bits per heavy atom. The van der Waals surface area contributed by atoms with E-state index in [9.17, 15) is 0 Å². The van der Waals surface area contributed by atoms with Gasteiger partial charge in [0.1, 0.15) is 5.65 Å². The summed E-state index contributed by atoms with van der Waals surface area (Å²) >= 11 is 0. The Bertz CT molecular complexity index is 1600. The van der Waals surface area contributed by atoms with Crippen molar-refractivity contribution in [3.63, 3.8) is 0 Å². The SMILES string of the molecule is Cn1ccc2cn(-c3cncc(C4=CN(Cc5cn6cc(CN7CCCCC7)ccc6n5)NN4)c3)cc21. The number of likely N-dealkylation sites (tertiary alicyclic amines) is 1. The van der Waals surface area contributed by atoms with E-state index < -0.39 is 0 Å². The van der Waals surface area contributed by atoms with Crippen LogP contribution in [-0.2, 0) is 20.1 Å². The highest BCUT2D eigenvalue weighted by Crippen LogP contribution is 2.22. The molecule has 7 rings (SSSR count). The minimum absolute atomic E-state index is 0.649. The molecule has 188 valence electrons. The molecule has 0 amide bonds. The smallest absolute Gasteiger partial charge is 0.137 e. The maximum absolute atomic E-state index is 4.83. The highest BCUT2D eigenvalue weighted by atomic mass is 15.7. The fourth-order valence-electron chi connectivity index (χ4n) is 5.42. The number of nitrogens with zero attached hydrogens (tertiary/aromatic N) is 7. The molecule has 9 nitrogen and oxygen atoms in total. The van der Waals surface area contributed by atoms with E-state index in [1.54, 1.807) is 0 Å². The van der Waals surface area contributed by atoms with Crippen LogP contribution in [0.25, 0.3) is 27.9 Å². The Morgan fingerprint density at radius 1 is 0.946 bits per heavy atom. The number of hydrogen-bond donors (Lipinski definition) is 2. The quantitative estimate of drug-likeness (QED) is 0.375. The van der Waals surface area contributed by atoms with E-state index in [2.05, 4.69) is 103 Å². The Hall–Kier alpha value is -4.08. The molecule has 5 aromatic heterocycles. The number of hydrazine groups is 2. The Morgan fingerprint density at radius 3 is 2.76 bits per heavy atom.